The molecule has 6 heteroatoms. The fourth-order valence-electron chi connectivity index (χ4n) is 3.48. The molecule has 2 heterocycles. The second-order valence-corrected chi connectivity index (χ2v) is 7.54. The Kier molecular flexibility index (Phi) is 5.84. The lowest BCUT2D eigenvalue weighted by Gasteiger charge is -2.30. The summed E-state index contributed by atoms with van der Waals surface area (Å²) in [7, 11) is 0. The third-order valence-electron chi connectivity index (χ3n) is 5.17. The maximum absolute atomic E-state index is 12.7. The summed E-state index contributed by atoms with van der Waals surface area (Å²) in [6, 6.07) is 5.23. The van der Waals surface area contributed by atoms with Crippen molar-refractivity contribution in [1.29, 1.82) is 0 Å². The molecule has 2 fully saturated rings. The second kappa shape index (κ2) is 8.09. The summed E-state index contributed by atoms with van der Waals surface area (Å²) in [6.45, 7) is 5.65. The van der Waals surface area contributed by atoms with Crippen LogP contribution < -0.4 is 5.32 Å². The molecular formula is C19H26ClN3O2. The molecule has 2 saturated heterocycles. The maximum Gasteiger partial charge on any atom is 0.256 e. The predicted molar refractivity (Wildman–Crippen MR) is 100 cm³/mol. The molecule has 2 amide bonds. The van der Waals surface area contributed by atoms with Crippen molar-refractivity contribution in [3.63, 3.8) is 0 Å². The normalized spacial score (nSPS) is 18.5. The topological polar surface area (TPSA) is 52.7 Å². The highest BCUT2D eigenvalue weighted by atomic mass is 35.5. The zero-order valence-electron chi connectivity index (χ0n) is 14.8. The summed E-state index contributed by atoms with van der Waals surface area (Å²) in [5, 5.41) is 3.69. The number of hydrogen-bond acceptors (Lipinski definition) is 3. The Balaban J connectivity index is 1.65. The van der Waals surface area contributed by atoms with Gasteiger partial charge in [0.05, 0.1) is 12.1 Å². The SMILES string of the molecule is CC1CCN(C(=O)CNc2ccc(Cl)cc2C(=O)N2CCCC2)CC1. The minimum Gasteiger partial charge on any atom is -0.376 e. The van der Waals surface area contributed by atoms with Crippen molar-refractivity contribution in [2.75, 3.05) is 38.0 Å². The molecule has 0 spiro atoms. The van der Waals surface area contributed by atoms with E-state index in [1.807, 2.05) is 9.80 Å². The van der Waals surface area contributed by atoms with Crippen LogP contribution in [0.1, 0.15) is 43.0 Å². The third-order valence-corrected chi connectivity index (χ3v) is 5.41. The molecule has 0 saturated carbocycles. The number of piperidine rings is 1. The summed E-state index contributed by atoms with van der Waals surface area (Å²) in [6.07, 6.45) is 4.21. The number of halogens is 1. The number of hydrogen-bond donors (Lipinski definition) is 1. The number of nitrogens with zero attached hydrogens (tertiary/aromatic N) is 2. The molecule has 3 rings (SSSR count). The van der Waals surface area contributed by atoms with Gasteiger partial charge in [-0.15, -0.1) is 0 Å². The van der Waals surface area contributed by atoms with Gasteiger partial charge in [-0.25, -0.2) is 0 Å². The minimum atomic E-state index is -0.0123. The van der Waals surface area contributed by atoms with Gasteiger partial charge in [0.1, 0.15) is 0 Å². The van der Waals surface area contributed by atoms with E-state index in [1.165, 1.54) is 0 Å². The summed E-state index contributed by atoms with van der Waals surface area (Å²) >= 11 is 6.09. The first-order valence-electron chi connectivity index (χ1n) is 9.15. The van der Waals surface area contributed by atoms with Crippen molar-refractivity contribution in [2.24, 2.45) is 5.92 Å². The quantitative estimate of drug-likeness (QED) is 0.893. The molecule has 2 aliphatic heterocycles. The molecular weight excluding hydrogens is 338 g/mol. The predicted octanol–water partition coefficient (Wildman–Crippen LogP) is 3.25. The molecule has 1 aromatic rings. The van der Waals surface area contributed by atoms with E-state index in [0.717, 1.165) is 51.9 Å². The van der Waals surface area contributed by atoms with Gasteiger partial charge in [0.15, 0.2) is 0 Å². The van der Waals surface area contributed by atoms with E-state index < -0.39 is 0 Å². The second-order valence-electron chi connectivity index (χ2n) is 7.11. The van der Waals surface area contributed by atoms with Gasteiger partial charge in [0, 0.05) is 36.9 Å². The average Bonchev–Trinajstić information content (AvgIpc) is 3.15. The Morgan fingerprint density at radius 1 is 1.12 bits per heavy atom. The van der Waals surface area contributed by atoms with Gasteiger partial charge in [0.25, 0.3) is 5.91 Å². The fourth-order valence-corrected chi connectivity index (χ4v) is 3.65. The van der Waals surface area contributed by atoms with Gasteiger partial charge in [-0.1, -0.05) is 18.5 Å². The summed E-state index contributed by atoms with van der Waals surface area (Å²) in [5.74, 6) is 0.765. The van der Waals surface area contributed by atoms with E-state index in [1.54, 1.807) is 18.2 Å². The van der Waals surface area contributed by atoms with E-state index in [9.17, 15) is 9.59 Å². The number of amides is 2. The van der Waals surface area contributed by atoms with E-state index in [-0.39, 0.29) is 18.4 Å². The molecule has 0 aromatic heterocycles. The lowest BCUT2D eigenvalue weighted by atomic mass is 9.99. The van der Waals surface area contributed by atoms with Crippen LogP contribution in [-0.2, 0) is 4.79 Å². The van der Waals surface area contributed by atoms with Crippen LogP contribution in [0, 0.1) is 5.92 Å². The molecule has 0 bridgehead atoms. The Morgan fingerprint density at radius 2 is 1.80 bits per heavy atom. The molecule has 1 N–H and O–H groups in total. The molecule has 0 unspecified atom stereocenters. The van der Waals surface area contributed by atoms with Gasteiger partial charge in [-0.2, -0.15) is 0 Å². The molecule has 5 nitrogen and oxygen atoms in total. The summed E-state index contributed by atoms with van der Waals surface area (Å²) in [4.78, 5) is 28.9. The van der Waals surface area contributed by atoms with E-state index >= 15 is 0 Å². The zero-order chi connectivity index (χ0) is 17.8. The Bertz CT molecular complexity index is 636. The van der Waals surface area contributed by atoms with Crippen molar-refractivity contribution < 1.29 is 9.59 Å². The Hall–Kier alpha value is -1.75. The number of benzene rings is 1. The van der Waals surface area contributed by atoms with Crippen molar-refractivity contribution in [3.05, 3.63) is 28.8 Å². The number of rotatable bonds is 4. The highest BCUT2D eigenvalue weighted by Crippen LogP contribution is 2.24. The first kappa shape index (κ1) is 18.1. The van der Waals surface area contributed by atoms with Crippen molar-refractivity contribution in [1.82, 2.24) is 9.80 Å². The number of anilines is 1. The van der Waals surface area contributed by atoms with E-state index in [4.69, 9.17) is 11.6 Å². The molecule has 1 aromatic carbocycles. The fraction of sp³-hybridized carbons (Fsp3) is 0.579. The van der Waals surface area contributed by atoms with Crippen LogP contribution in [0.3, 0.4) is 0 Å². The van der Waals surface area contributed by atoms with E-state index in [0.29, 0.717) is 22.2 Å². The van der Waals surface area contributed by atoms with Crippen molar-refractivity contribution in [2.45, 2.75) is 32.6 Å². The van der Waals surface area contributed by atoms with Gasteiger partial charge < -0.3 is 15.1 Å². The van der Waals surface area contributed by atoms with Gasteiger partial charge >= 0.3 is 0 Å². The Morgan fingerprint density at radius 3 is 2.48 bits per heavy atom. The molecule has 0 atom stereocenters. The standard InChI is InChI=1S/C19H26ClN3O2/c1-14-6-10-22(11-7-14)18(24)13-21-17-5-4-15(20)12-16(17)19(25)23-8-2-3-9-23/h4-5,12,14,21H,2-3,6-11,13H2,1H3. The van der Waals surface area contributed by atoms with E-state index in [2.05, 4.69) is 12.2 Å². The first-order chi connectivity index (χ1) is 12.0. The monoisotopic (exact) mass is 363 g/mol. The summed E-state index contributed by atoms with van der Waals surface area (Å²) < 4.78 is 0. The van der Waals surface area contributed by atoms with Crippen LogP contribution in [-0.4, -0.2) is 54.3 Å². The molecule has 2 aliphatic rings. The minimum absolute atomic E-state index is 0.0123. The molecule has 0 aliphatic carbocycles. The van der Waals surface area contributed by atoms with Gasteiger partial charge in [-0.05, 0) is 49.8 Å². The van der Waals surface area contributed by atoms with Gasteiger partial charge in [-0.3, -0.25) is 9.59 Å². The largest absolute Gasteiger partial charge is 0.376 e. The van der Waals surface area contributed by atoms with Gasteiger partial charge in [0.2, 0.25) is 5.91 Å². The third kappa shape index (κ3) is 4.46. The van der Waals surface area contributed by atoms with Crippen molar-refractivity contribution >= 4 is 29.1 Å². The smallest absolute Gasteiger partial charge is 0.256 e. The van der Waals surface area contributed by atoms with Crippen LogP contribution in [0.15, 0.2) is 18.2 Å². The lowest BCUT2D eigenvalue weighted by Crippen LogP contribution is -2.41. The Labute approximate surface area is 154 Å². The maximum atomic E-state index is 12.7. The number of carbonyl (C=O) groups excluding carboxylic acids is 2. The highest BCUT2D eigenvalue weighted by Gasteiger charge is 2.23. The van der Waals surface area contributed by atoms with Crippen LogP contribution in [0.4, 0.5) is 5.69 Å². The van der Waals surface area contributed by atoms with Crippen LogP contribution >= 0.6 is 11.6 Å². The number of nitrogens with one attached hydrogen (secondary N) is 1. The molecule has 25 heavy (non-hydrogen) atoms. The first-order valence-corrected chi connectivity index (χ1v) is 9.53. The summed E-state index contributed by atoms with van der Waals surface area (Å²) in [5.41, 5.74) is 1.23. The molecule has 0 radical (unpaired) electrons. The number of carbonyl (C=O) groups is 2. The number of likely N-dealkylation sites (tertiary alicyclic amines) is 2. The van der Waals surface area contributed by atoms with Crippen LogP contribution in [0.25, 0.3) is 0 Å². The molecule has 136 valence electrons. The lowest BCUT2D eigenvalue weighted by molar-refractivity contribution is -0.130. The zero-order valence-corrected chi connectivity index (χ0v) is 15.5. The van der Waals surface area contributed by atoms with Crippen LogP contribution in [0.2, 0.25) is 5.02 Å². The van der Waals surface area contributed by atoms with Crippen LogP contribution in [0.5, 0.6) is 0 Å². The highest BCUT2D eigenvalue weighted by molar-refractivity contribution is 6.31. The average molecular weight is 364 g/mol. The van der Waals surface area contributed by atoms with Crippen molar-refractivity contribution in [3.8, 4) is 0 Å².